The first-order valence-electron chi connectivity index (χ1n) is 9.79. The van der Waals surface area contributed by atoms with E-state index >= 15 is 0 Å². The molecule has 1 amide bonds. The fraction of sp³-hybridized carbons (Fsp3) is 0.120. The Morgan fingerprint density at radius 2 is 1.94 bits per heavy atom. The van der Waals surface area contributed by atoms with Crippen molar-refractivity contribution in [3.63, 3.8) is 0 Å². The summed E-state index contributed by atoms with van der Waals surface area (Å²) in [6.45, 7) is 0.361. The first-order chi connectivity index (χ1) is 15.9. The topological polar surface area (TPSA) is 71.3 Å². The van der Waals surface area contributed by atoms with Gasteiger partial charge in [0.25, 0.3) is 5.91 Å². The summed E-state index contributed by atoms with van der Waals surface area (Å²) in [6.07, 6.45) is 1.51. The minimum absolute atomic E-state index is 0.0220. The third-order valence-electron chi connectivity index (χ3n) is 4.64. The quantitative estimate of drug-likeness (QED) is 0.190. The first-order valence-corrected chi connectivity index (χ1v) is 11.7. The molecule has 0 unspecified atom stereocenters. The largest absolute Gasteiger partial charge is 0.497 e. The highest BCUT2D eigenvalue weighted by Crippen LogP contribution is 2.33. The number of rotatable bonds is 8. The molecule has 0 spiro atoms. The minimum atomic E-state index is -0.473. The Hall–Kier alpha value is -2.90. The van der Waals surface area contributed by atoms with Crippen LogP contribution in [0, 0.1) is 20.7 Å². The maximum atomic E-state index is 13.8. The van der Waals surface area contributed by atoms with Crippen molar-refractivity contribution in [1.82, 2.24) is 5.32 Å². The molecule has 0 bridgehead atoms. The van der Waals surface area contributed by atoms with E-state index in [1.54, 1.807) is 49.6 Å². The number of nitriles is 1. The van der Waals surface area contributed by atoms with E-state index in [0.717, 1.165) is 14.9 Å². The van der Waals surface area contributed by atoms with E-state index in [4.69, 9.17) is 9.47 Å². The molecule has 1 N–H and O–H groups in total. The van der Waals surface area contributed by atoms with Gasteiger partial charge in [0, 0.05) is 12.1 Å². The third kappa shape index (κ3) is 6.79. The molecular weight excluding hydrogens is 602 g/mol. The zero-order chi connectivity index (χ0) is 23.8. The van der Waals surface area contributed by atoms with Crippen molar-refractivity contribution >= 4 is 50.5 Å². The lowest BCUT2D eigenvalue weighted by atomic mass is 10.1. The smallest absolute Gasteiger partial charge is 0.262 e. The number of benzene rings is 3. The van der Waals surface area contributed by atoms with Gasteiger partial charge in [-0.15, -0.1) is 0 Å². The number of nitrogens with zero attached hydrogens (tertiary/aromatic N) is 1. The zero-order valence-electron chi connectivity index (χ0n) is 17.6. The summed E-state index contributed by atoms with van der Waals surface area (Å²) in [5.41, 5.74) is 1.96. The lowest BCUT2D eigenvalue weighted by molar-refractivity contribution is -0.117. The van der Waals surface area contributed by atoms with E-state index in [1.165, 1.54) is 12.1 Å². The van der Waals surface area contributed by atoms with Gasteiger partial charge in [-0.25, -0.2) is 4.39 Å². The second-order valence-electron chi connectivity index (χ2n) is 6.89. The molecule has 0 aliphatic rings. The van der Waals surface area contributed by atoms with Gasteiger partial charge >= 0.3 is 0 Å². The van der Waals surface area contributed by atoms with Crippen LogP contribution in [0.1, 0.15) is 16.7 Å². The number of halogens is 3. The van der Waals surface area contributed by atoms with Crippen molar-refractivity contribution in [2.24, 2.45) is 0 Å². The van der Waals surface area contributed by atoms with Gasteiger partial charge < -0.3 is 14.8 Å². The minimum Gasteiger partial charge on any atom is -0.497 e. The number of methoxy groups -OCH3 is 1. The molecule has 0 atom stereocenters. The molecule has 0 aromatic heterocycles. The van der Waals surface area contributed by atoms with Crippen LogP contribution in [0.15, 0.2) is 70.7 Å². The fourth-order valence-corrected chi connectivity index (χ4v) is 4.67. The van der Waals surface area contributed by atoms with Gasteiger partial charge in [0.05, 0.1) is 15.2 Å². The highest BCUT2D eigenvalue weighted by atomic mass is 127. The third-order valence-corrected chi connectivity index (χ3v) is 6.03. The molecule has 0 saturated carbocycles. The van der Waals surface area contributed by atoms with E-state index in [9.17, 15) is 14.4 Å². The van der Waals surface area contributed by atoms with Gasteiger partial charge in [0.1, 0.15) is 35.6 Å². The summed E-state index contributed by atoms with van der Waals surface area (Å²) in [6, 6.07) is 19.2. The van der Waals surface area contributed by atoms with E-state index < -0.39 is 5.91 Å². The van der Waals surface area contributed by atoms with Crippen LogP contribution in [-0.4, -0.2) is 13.0 Å². The number of ether oxygens (including phenoxy) is 2. The van der Waals surface area contributed by atoms with Crippen LogP contribution < -0.4 is 14.8 Å². The van der Waals surface area contributed by atoms with Crippen molar-refractivity contribution in [3.8, 4) is 17.6 Å². The first kappa shape index (κ1) is 24.7. The molecule has 3 aromatic rings. The normalized spacial score (nSPS) is 10.9. The second kappa shape index (κ2) is 11.8. The van der Waals surface area contributed by atoms with Crippen molar-refractivity contribution in [2.75, 3.05) is 7.11 Å². The highest BCUT2D eigenvalue weighted by molar-refractivity contribution is 14.1. The molecule has 33 heavy (non-hydrogen) atoms. The monoisotopic (exact) mass is 620 g/mol. The van der Waals surface area contributed by atoms with Crippen molar-refractivity contribution in [2.45, 2.75) is 13.2 Å². The average molecular weight is 621 g/mol. The maximum absolute atomic E-state index is 13.8. The molecular formula is C25H19BrFIN2O3. The Morgan fingerprint density at radius 1 is 1.21 bits per heavy atom. The van der Waals surface area contributed by atoms with Gasteiger partial charge in [-0.3, -0.25) is 4.79 Å². The Kier molecular flexibility index (Phi) is 8.86. The van der Waals surface area contributed by atoms with Crippen molar-refractivity contribution in [1.29, 1.82) is 5.26 Å². The standard InChI is InChI=1S/C25H19BrFIN2O3/c1-32-20-8-6-16(7-9-20)14-30-25(31)19(13-29)10-17-11-21(26)24(23(28)12-17)33-15-18-4-2-3-5-22(18)27/h2-12H,14-15H2,1H3,(H,30,31)/b19-10-. The second-order valence-corrected chi connectivity index (χ2v) is 8.91. The van der Waals surface area contributed by atoms with Crippen molar-refractivity contribution < 1.29 is 18.7 Å². The van der Waals surface area contributed by atoms with E-state index in [2.05, 4.69) is 43.8 Å². The molecule has 0 saturated heterocycles. The van der Waals surface area contributed by atoms with E-state index in [0.29, 0.717) is 21.3 Å². The number of hydrogen-bond donors (Lipinski definition) is 1. The van der Waals surface area contributed by atoms with Gasteiger partial charge in [-0.1, -0.05) is 30.3 Å². The number of amides is 1. The van der Waals surface area contributed by atoms with E-state index in [1.807, 2.05) is 18.2 Å². The molecule has 0 fully saturated rings. The fourth-order valence-electron chi connectivity index (χ4n) is 2.90. The Morgan fingerprint density at radius 3 is 2.58 bits per heavy atom. The predicted molar refractivity (Wildman–Crippen MR) is 136 cm³/mol. The molecule has 8 heteroatoms. The molecule has 3 aromatic carbocycles. The van der Waals surface area contributed by atoms with Crippen LogP contribution in [0.3, 0.4) is 0 Å². The van der Waals surface area contributed by atoms with E-state index in [-0.39, 0.29) is 24.5 Å². The van der Waals surface area contributed by atoms with Gasteiger partial charge in [0.15, 0.2) is 0 Å². The lowest BCUT2D eigenvalue weighted by Crippen LogP contribution is -2.23. The number of nitrogens with one attached hydrogen (secondary N) is 1. The summed E-state index contributed by atoms with van der Waals surface area (Å²) in [5.74, 6) is 0.476. The molecule has 3 rings (SSSR count). The summed E-state index contributed by atoms with van der Waals surface area (Å²) < 4.78 is 26.2. The van der Waals surface area contributed by atoms with Gasteiger partial charge in [-0.05, 0) is 86.1 Å². The molecule has 0 aliphatic carbocycles. The Bertz CT molecular complexity index is 1200. The van der Waals surface area contributed by atoms with Crippen LogP contribution >= 0.6 is 38.5 Å². The zero-order valence-corrected chi connectivity index (χ0v) is 21.3. The SMILES string of the molecule is COc1ccc(CNC(=O)/C(C#N)=C\c2cc(Br)c(OCc3ccccc3F)c(I)c2)cc1. The summed E-state index contributed by atoms with van der Waals surface area (Å²) >= 11 is 5.56. The summed E-state index contributed by atoms with van der Waals surface area (Å²) in [5, 5.41) is 12.2. The van der Waals surface area contributed by atoms with Crippen LogP contribution in [0.25, 0.3) is 6.08 Å². The summed E-state index contributed by atoms with van der Waals surface area (Å²) in [4.78, 5) is 12.5. The van der Waals surface area contributed by atoms with Crippen LogP contribution in [0.2, 0.25) is 0 Å². The molecule has 0 aliphatic heterocycles. The average Bonchev–Trinajstić information content (AvgIpc) is 2.81. The molecule has 5 nitrogen and oxygen atoms in total. The van der Waals surface area contributed by atoms with Crippen LogP contribution in [-0.2, 0) is 17.9 Å². The van der Waals surface area contributed by atoms with Crippen LogP contribution in [0.4, 0.5) is 4.39 Å². The molecule has 168 valence electrons. The number of carbonyl (C=O) groups is 1. The Labute approximate surface area is 213 Å². The number of hydrogen-bond acceptors (Lipinski definition) is 4. The maximum Gasteiger partial charge on any atom is 0.262 e. The van der Waals surface area contributed by atoms with Gasteiger partial charge in [0.2, 0.25) is 0 Å². The predicted octanol–water partition coefficient (Wildman–Crippen LogP) is 6.00. The Balaban J connectivity index is 1.70. The molecule has 0 radical (unpaired) electrons. The van der Waals surface area contributed by atoms with Gasteiger partial charge in [-0.2, -0.15) is 5.26 Å². The molecule has 0 heterocycles. The number of carbonyl (C=O) groups excluding carboxylic acids is 1. The lowest BCUT2D eigenvalue weighted by Gasteiger charge is -2.12. The highest BCUT2D eigenvalue weighted by Gasteiger charge is 2.13. The van der Waals surface area contributed by atoms with Crippen LogP contribution in [0.5, 0.6) is 11.5 Å². The van der Waals surface area contributed by atoms with Crippen molar-refractivity contribution in [3.05, 3.63) is 96.8 Å². The summed E-state index contributed by atoms with van der Waals surface area (Å²) in [7, 11) is 1.59.